The second kappa shape index (κ2) is 5.78. The van der Waals surface area contributed by atoms with Gasteiger partial charge in [-0.25, -0.2) is 18.5 Å². The minimum absolute atomic E-state index is 0.0561. The lowest BCUT2D eigenvalue weighted by Gasteiger charge is -2.10. The Balaban J connectivity index is 2.41. The first-order valence-corrected chi connectivity index (χ1v) is 7.78. The summed E-state index contributed by atoms with van der Waals surface area (Å²) in [5.74, 6) is 0.397. The number of aromatic nitrogens is 1. The van der Waals surface area contributed by atoms with Crippen LogP contribution in [0, 0.1) is 0 Å². The van der Waals surface area contributed by atoms with E-state index in [1.165, 1.54) is 18.3 Å². The van der Waals surface area contributed by atoms with Gasteiger partial charge < -0.3 is 4.74 Å². The molecule has 5 nitrogen and oxygen atoms in total. The van der Waals surface area contributed by atoms with Crippen LogP contribution in [0.4, 0.5) is 0 Å². The minimum Gasteiger partial charge on any atom is -0.438 e. The molecule has 2 rings (SSSR count). The van der Waals surface area contributed by atoms with Crippen LogP contribution >= 0.6 is 11.6 Å². The van der Waals surface area contributed by atoms with Crippen LogP contribution in [0.1, 0.15) is 12.5 Å². The molecule has 2 aromatic rings. The topological polar surface area (TPSA) is 82.3 Å². The van der Waals surface area contributed by atoms with Crippen LogP contribution in [0.2, 0.25) is 5.02 Å². The molecule has 0 saturated heterocycles. The Hall–Kier alpha value is -1.63. The van der Waals surface area contributed by atoms with Crippen molar-refractivity contribution in [1.82, 2.24) is 4.98 Å². The molecule has 0 spiro atoms. The van der Waals surface area contributed by atoms with Crippen molar-refractivity contribution in [2.45, 2.75) is 18.2 Å². The van der Waals surface area contributed by atoms with E-state index in [0.717, 1.165) is 12.0 Å². The predicted octanol–water partition coefficient (Wildman–Crippen LogP) is 2.74. The van der Waals surface area contributed by atoms with Gasteiger partial charge in [0.05, 0.1) is 0 Å². The molecule has 20 heavy (non-hydrogen) atoms. The first-order valence-electron chi connectivity index (χ1n) is 5.86. The third-order valence-electron chi connectivity index (χ3n) is 2.66. The van der Waals surface area contributed by atoms with Gasteiger partial charge in [0.2, 0.25) is 15.9 Å². The van der Waals surface area contributed by atoms with Crippen LogP contribution in [0.25, 0.3) is 0 Å². The molecule has 0 aliphatic rings. The average molecular weight is 313 g/mol. The van der Waals surface area contributed by atoms with E-state index in [0.29, 0.717) is 10.8 Å². The predicted molar refractivity (Wildman–Crippen MR) is 76.5 cm³/mol. The summed E-state index contributed by atoms with van der Waals surface area (Å²) in [7, 11) is -3.89. The molecular weight excluding hydrogens is 300 g/mol. The number of pyridine rings is 1. The van der Waals surface area contributed by atoms with Crippen molar-refractivity contribution in [2.75, 3.05) is 0 Å². The number of rotatable bonds is 4. The number of hydrogen-bond acceptors (Lipinski definition) is 4. The molecular formula is C13H13ClN2O3S. The Morgan fingerprint density at radius 3 is 2.75 bits per heavy atom. The number of benzene rings is 1. The van der Waals surface area contributed by atoms with Crippen LogP contribution in [-0.2, 0) is 16.4 Å². The summed E-state index contributed by atoms with van der Waals surface area (Å²) in [6, 6.07) is 7.89. The molecule has 0 atom stereocenters. The van der Waals surface area contributed by atoms with Gasteiger partial charge in [-0.15, -0.1) is 0 Å². The highest BCUT2D eigenvalue weighted by Crippen LogP contribution is 2.28. The molecule has 0 fully saturated rings. The second-order valence-corrected chi connectivity index (χ2v) is 6.00. The maximum atomic E-state index is 11.5. The zero-order valence-corrected chi connectivity index (χ0v) is 12.3. The highest BCUT2D eigenvalue weighted by molar-refractivity contribution is 7.89. The van der Waals surface area contributed by atoms with Gasteiger partial charge in [0, 0.05) is 11.2 Å². The molecule has 2 N–H and O–H groups in total. The molecule has 1 aromatic carbocycles. The van der Waals surface area contributed by atoms with Gasteiger partial charge in [0.25, 0.3) is 0 Å². The summed E-state index contributed by atoms with van der Waals surface area (Å²) < 4.78 is 28.4. The number of nitrogens with zero attached hydrogens (tertiary/aromatic N) is 1. The molecule has 0 bridgehead atoms. The number of ether oxygens (including phenoxy) is 1. The Labute approximate surface area is 122 Å². The van der Waals surface area contributed by atoms with Gasteiger partial charge in [0.15, 0.2) is 0 Å². The number of halogens is 1. The molecule has 1 heterocycles. The fourth-order valence-corrected chi connectivity index (χ4v) is 2.52. The van der Waals surface area contributed by atoms with Gasteiger partial charge in [0.1, 0.15) is 10.6 Å². The summed E-state index contributed by atoms with van der Waals surface area (Å²) in [5.41, 5.74) is 0.900. The van der Waals surface area contributed by atoms with Crippen molar-refractivity contribution >= 4 is 21.6 Å². The molecule has 0 saturated carbocycles. The average Bonchev–Trinajstić information content (AvgIpc) is 2.40. The summed E-state index contributed by atoms with van der Waals surface area (Å²) in [4.78, 5) is 3.74. The smallest absolute Gasteiger partial charge is 0.243 e. The molecule has 0 amide bonds. The van der Waals surface area contributed by atoms with Gasteiger partial charge in [-0.2, -0.15) is 0 Å². The normalized spacial score (nSPS) is 11.3. The van der Waals surface area contributed by atoms with Gasteiger partial charge in [-0.05, 0) is 42.3 Å². The Bertz CT molecular complexity index is 732. The molecule has 1 aromatic heterocycles. The molecule has 0 radical (unpaired) electrons. The molecule has 7 heteroatoms. The third-order valence-corrected chi connectivity index (χ3v) is 3.95. The van der Waals surface area contributed by atoms with E-state index in [-0.39, 0.29) is 10.8 Å². The third kappa shape index (κ3) is 3.27. The fraction of sp³-hybridized carbons (Fsp3) is 0.154. The number of primary sulfonamides is 1. The highest BCUT2D eigenvalue weighted by Gasteiger charge is 2.16. The maximum absolute atomic E-state index is 11.5. The first-order chi connectivity index (χ1) is 9.41. The second-order valence-electron chi connectivity index (χ2n) is 4.06. The van der Waals surface area contributed by atoms with E-state index in [9.17, 15) is 8.42 Å². The summed E-state index contributed by atoms with van der Waals surface area (Å²) >= 11 is 6.02. The monoisotopic (exact) mass is 312 g/mol. The Kier molecular flexibility index (Phi) is 4.27. The lowest BCUT2D eigenvalue weighted by molar-refractivity contribution is 0.446. The zero-order valence-electron chi connectivity index (χ0n) is 10.7. The molecule has 0 unspecified atom stereocenters. The minimum atomic E-state index is -3.89. The largest absolute Gasteiger partial charge is 0.438 e. The number of nitrogens with two attached hydrogens (primary N) is 1. The lowest BCUT2D eigenvalue weighted by atomic mass is 10.1. The van der Waals surface area contributed by atoms with Crippen molar-refractivity contribution in [3.8, 4) is 11.6 Å². The van der Waals surface area contributed by atoms with Crippen molar-refractivity contribution in [3.05, 3.63) is 47.1 Å². The molecule has 106 valence electrons. The number of aryl methyl sites for hydroxylation is 1. The van der Waals surface area contributed by atoms with Crippen molar-refractivity contribution in [3.63, 3.8) is 0 Å². The lowest BCUT2D eigenvalue weighted by Crippen LogP contribution is -2.13. The fourth-order valence-electron chi connectivity index (χ4n) is 1.67. The standard InChI is InChI=1S/C13H13ClN2O3S/c1-2-9-8-10(5-6-11(9)14)19-13-12(20(15,17)18)4-3-7-16-13/h3-8H,2H2,1H3,(H2,15,17,18). The van der Waals surface area contributed by atoms with Crippen LogP contribution in [0.3, 0.4) is 0 Å². The van der Waals surface area contributed by atoms with Gasteiger partial charge in [-0.3, -0.25) is 0 Å². The first kappa shape index (κ1) is 14.8. The molecule has 0 aliphatic carbocycles. The van der Waals surface area contributed by atoms with Crippen LogP contribution in [0.5, 0.6) is 11.6 Å². The van der Waals surface area contributed by atoms with E-state index in [1.807, 2.05) is 6.92 Å². The van der Waals surface area contributed by atoms with E-state index < -0.39 is 10.0 Å². The van der Waals surface area contributed by atoms with E-state index in [2.05, 4.69) is 4.98 Å². The van der Waals surface area contributed by atoms with Crippen molar-refractivity contribution < 1.29 is 13.2 Å². The van der Waals surface area contributed by atoms with E-state index >= 15 is 0 Å². The van der Waals surface area contributed by atoms with Crippen molar-refractivity contribution in [1.29, 1.82) is 0 Å². The summed E-state index contributed by atoms with van der Waals surface area (Å²) in [5, 5.41) is 5.75. The number of hydrogen-bond donors (Lipinski definition) is 1. The van der Waals surface area contributed by atoms with E-state index in [1.54, 1.807) is 18.2 Å². The zero-order chi connectivity index (χ0) is 14.8. The number of sulfonamides is 1. The molecule has 0 aliphatic heterocycles. The van der Waals surface area contributed by atoms with Crippen molar-refractivity contribution in [2.24, 2.45) is 5.14 Å². The van der Waals surface area contributed by atoms with Crippen LogP contribution in [0.15, 0.2) is 41.4 Å². The quantitative estimate of drug-likeness (QED) is 0.941. The summed E-state index contributed by atoms with van der Waals surface area (Å²) in [6.07, 6.45) is 2.17. The van der Waals surface area contributed by atoms with Crippen LogP contribution < -0.4 is 9.88 Å². The summed E-state index contributed by atoms with van der Waals surface area (Å²) in [6.45, 7) is 1.96. The van der Waals surface area contributed by atoms with Gasteiger partial charge in [-0.1, -0.05) is 18.5 Å². The Morgan fingerprint density at radius 2 is 2.10 bits per heavy atom. The Morgan fingerprint density at radius 1 is 1.35 bits per heavy atom. The maximum Gasteiger partial charge on any atom is 0.243 e. The highest BCUT2D eigenvalue weighted by atomic mass is 35.5. The van der Waals surface area contributed by atoms with Crippen LogP contribution in [-0.4, -0.2) is 13.4 Å². The SMILES string of the molecule is CCc1cc(Oc2ncccc2S(N)(=O)=O)ccc1Cl. The van der Waals surface area contributed by atoms with Gasteiger partial charge >= 0.3 is 0 Å². The van der Waals surface area contributed by atoms with E-state index in [4.69, 9.17) is 21.5 Å².